The van der Waals surface area contributed by atoms with E-state index in [0.717, 1.165) is 10.8 Å². The van der Waals surface area contributed by atoms with Gasteiger partial charge in [-0.05, 0) is 54.3 Å². The number of ketones is 1. The molecule has 4 aromatic carbocycles. The third kappa shape index (κ3) is 3.69. The maximum atomic E-state index is 13.6. The van der Waals surface area contributed by atoms with Gasteiger partial charge in [-0.3, -0.25) is 14.5 Å². The first kappa shape index (κ1) is 23.4. The lowest BCUT2D eigenvalue weighted by Crippen LogP contribution is -2.29. The van der Waals surface area contributed by atoms with Gasteiger partial charge in [0.2, 0.25) is 6.79 Å². The molecular weight excluding hydrogens is 486 g/mol. The van der Waals surface area contributed by atoms with Gasteiger partial charge in [0.15, 0.2) is 23.0 Å². The van der Waals surface area contributed by atoms with E-state index < -0.39 is 17.7 Å². The van der Waals surface area contributed by atoms with Crippen LogP contribution in [0.1, 0.15) is 24.1 Å². The average molecular weight is 510 g/mol. The summed E-state index contributed by atoms with van der Waals surface area (Å²) in [6.07, 6.45) is 0. The van der Waals surface area contributed by atoms with Gasteiger partial charge in [-0.1, -0.05) is 42.5 Å². The second-order valence-corrected chi connectivity index (χ2v) is 8.90. The summed E-state index contributed by atoms with van der Waals surface area (Å²) < 4.78 is 16.4. The van der Waals surface area contributed by atoms with Crippen LogP contribution in [0.3, 0.4) is 0 Å². The van der Waals surface area contributed by atoms with Gasteiger partial charge in [0.05, 0.1) is 23.9 Å². The van der Waals surface area contributed by atoms with Crippen molar-refractivity contribution in [1.82, 2.24) is 0 Å². The molecule has 0 saturated carbocycles. The van der Waals surface area contributed by atoms with Crippen LogP contribution >= 0.6 is 0 Å². The van der Waals surface area contributed by atoms with Crippen molar-refractivity contribution in [2.45, 2.75) is 13.0 Å². The summed E-state index contributed by atoms with van der Waals surface area (Å²) in [6, 6.07) is 21.5. The molecule has 8 heteroatoms. The van der Waals surface area contributed by atoms with Gasteiger partial charge in [0.25, 0.3) is 11.7 Å². The van der Waals surface area contributed by atoms with Crippen LogP contribution in [0.5, 0.6) is 23.0 Å². The van der Waals surface area contributed by atoms with Gasteiger partial charge in [-0.2, -0.15) is 0 Å². The van der Waals surface area contributed by atoms with Crippen molar-refractivity contribution < 1.29 is 34.0 Å². The van der Waals surface area contributed by atoms with E-state index in [0.29, 0.717) is 34.9 Å². The molecule has 1 amide bonds. The van der Waals surface area contributed by atoms with Crippen LogP contribution < -0.4 is 19.1 Å². The molecule has 38 heavy (non-hydrogen) atoms. The quantitative estimate of drug-likeness (QED) is 0.214. The summed E-state index contributed by atoms with van der Waals surface area (Å²) in [7, 11) is 0. The SMILES string of the molecule is CCOc1cc(C2/C(=C(\O)c3ccc4c(c3)OCO4)C(=O)C(=O)N2c2cccc3ccccc23)ccc1O. The lowest BCUT2D eigenvalue weighted by atomic mass is 9.94. The molecule has 190 valence electrons. The van der Waals surface area contributed by atoms with Gasteiger partial charge in [-0.15, -0.1) is 0 Å². The van der Waals surface area contributed by atoms with E-state index in [4.69, 9.17) is 14.2 Å². The van der Waals surface area contributed by atoms with Crippen LogP contribution in [-0.2, 0) is 9.59 Å². The summed E-state index contributed by atoms with van der Waals surface area (Å²) >= 11 is 0. The first-order chi connectivity index (χ1) is 18.5. The van der Waals surface area contributed by atoms with E-state index in [-0.39, 0.29) is 29.6 Å². The first-order valence-corrected chi connectivity index (χ1v) is 12.1. The maximum Gasteiger partial charge on any atom is 0.300 e. The summed E-state index contributed by atoms with van der Waals surface area (Å²) in [5.41, 5.74) is 1.22. The smallest absolute Gasteiger partial charge is 0.300 e. The Bertz CT molecular complexity index is 1640. The van der Waals surface area contributed by atoms with Crippen LogP contribution in [0.25, 0.3) is 16.5 Å². The highest BCUT2D eigenvalue weighted by Gasteiger charge is 2.47. The standard InChI is InChI=1S/C30H23NO7/c1-2-36-24-14-18(10-12-22(24)32)27-26(28(33)19-11-13-23-25(15-19)38-16-37-23)29(34)30(35)31(27)21-9-5-7-17-6-3-4-8-20(17)21/h3-15,27,32-33H,2,16H2,1H3/b28-26+. The van der Waals surface area contributed by atoms with E-state index in [9.17, 15) is 19.8 Å². The molecule has 0 bridgehead atoms. The normalized spacial score (nSPS) is 17.8. The molecule has 1 atom stereocenters. The molecule has 0 aliphatic carbocycles. The Balaban J connectivity index is 1.59. The van der Waals surface area contributed by atoms with E-state index >= 15 is 0 Å². The number of nitrogens with zero attached hydrogens (tertiary/aromatic N) is 1. The maximum absolute atomic E-state index is 13.6. The average Bonchev–Trinajstić information content (AvgIpc) is 3.51. The van der Waals surface area contributed by atoms with E-state index in [1.807, 2.05) is 36.4 Å². The summed E-state index contributed by atoms with van der Waals surface area (Å²) in [5, 5.41) is 23.5. The predicted octanol–water partition coefficient (Wildman–Crippen LogP) is 5.30. The lowest BCUT2D eigenvalue weighted by molar-refractivity contribution is -0.132. The number of fused-ring (bicyclic) bond motifs is 2. The molecule has 0 radical (unpaired) electrons. The van der Waals surface area contributed by atoms with Crippen LogP contribution in [-0.4, -0.2) is 35.3 Å². The van der Waals surface area contributed by atoms with Crippen molar-refractivity contribution in [2.24, 2.45) is 0 Å². The number of hydrogen-bond acceptors (Lipinski definition) is 7. The second kappa shape index (κ2) is 9.15. The van der Waals surface area contributed by atoms with Crippen molar-refractivity contribution >= 4 is 33.9 Å². The molecule has 2 aliphatic rings. The Hall–Kier alpha value is -4.98. The number of Topliss-reactive ketones (excluding diaryl/α,β-unsaturated/α-hetero) is 1. The predicted molar refractivity (Wildman–Crippen MR) is 141 cm³/mol. The van der Waals surface area contributed by atoms with Gasteiger partial charge in [0.1, 0.15) is 5.76 Å². The van der Waals surface area contributed by atoms with Gasteiger partial charge >= 0.3 is 0 Å². The highest BCUT2D eigenvalue weighted by Crippen LogP contribution is 2.46. The van der Waals surface area contributed by atoms with E-state index in [1.165, 1.54) is 11.0 Å². The molecule has 4 aromatic rings. The van der Waals surface area contributed by atoms with Crippen LogP contribution in [0.2, 0.25) is 0 Å². The van der Waals surface area contributed by atoms with Gasteiger partial charge in [-0.25, -0.2) is 0 Å². The molecule has 2 N–H and O–H groups in total. The number of hydrogen-bond donors (Lipinski definition) is 2. The molecule has 0 spiro atoms. The molecule has 1 saturated heterocycles. The fraction of sp³-hybridized carbons (Fsp3) is 0.133. The second-order valence-electron chi connectivity index (χ2n) is 8.90. The Morgan fingerprint density at radius 2 is 1.76 bits per heavy atom. The topological polar surface area (TPSA) is 106 Å². The number of carbonyl (C=O) groups excluding carboxylic acids is 2. The number of benzene rings is 4. The number of anilines is 1. The van der Waals surface area contributed by atoms with Crippen molar-refractivity contribution in [2.75, 3.05) is 18.3 Å². The Morgan fingerprint density at radius 3 is 2.61 bits per heavy atom. The Labute approximate surface area is 217 Å². The van der Waals surface area contributed by atoms with Crippen molar-refractivity contribution in [3.05, 3.63) is 95.6 Å². The van der Waals surface area contributed by atoms with E-state index in [2.05, 4.69) is 0 Å². The minimum Gasteiger partial charge on any atom is -0.507 e. The van der Waals surface area contributed by atoms with Gasteiger partial charge in [0, 0.05) is 10.9 Å². The number of rotatable bonds is 5. The molecule has 1 fully saturated rings. The largest absolute Gasteiger partial charge is 0.507 e. The number of carbonyl (C=O) groups is 2. The summed E-state index contributed by atoms with van der Waals surface area (Å²) in [6.45, 7) is 2.14. The van der Waals surface area contributed by atoms with Crippen LogP contribution in [0.4, 0.5) is 5.69 Å². The van der Waals surface area contributed by atoms with Crippen molar-refractivity contribution in [3.63, 3.8) is 0 Å². The minimum atomic E-state index is -0.994. The zero-order valence-corrected chi connectivity index (χ0v) is 20.4. The highest BCUT2D eigenvalue weighted by molar-refractivity contribution is 6.52. The molecule has 8 nitrogen and oxygen atoms in total. The monoisotopic (exact) mass is 509 g/mol. The zero-order chi connectivity index (χ0) is 26.4. The highest BCUT2D eigenvalue weighted by atomic mass is 16.7. The zero-order valence-electron chi connectivity index (χ0n) is 20.4. The molecule has 6 rings (SSSR count). The van der Waals surface area contributed by atoms with Crippen LogP contribution in [0, 0.1) is 0 Å². The molecule has 1 unspecified atom stereocenters. The lowest BCUT2D eigenvalue weighted by Gasteiger charge is -2.27. The van der Waals surface area contributed by atoms with Crippen molar-refractivity contribution in [3.8, 4) is 23.0 Å². The van der Waals surface area contributed by atoms with E-state index in [1.54, 1.807) is 43.3 Å². The number of phenols is 1. The first-order valence-electron chi connectivity index (χ1n) is 12.1. The Kier molecular flexibility index (Phi) is 5.64. The fourth-order valence-electron chi connectivity index (χ4n) is 4.99. The number of phenolic OH excluding ortho intramolecular Hbond substituents is 1. The number of aliphatic hydroxyl groups is 1. The fourth-order valence-corrected chi connectivity index (χ4v) is 4.99. The van der Waals surface area contributed by atoms with Gasteiger partial charge < -0.3 is 24.4 Å². The Morgan fingerprint density at radius 1 is 0.974 bits per heavy atom. The summed E-state index contributed by atoms with van der Waals surface area (Å²) in [5.74, 6) is -0.874. The van der Waals surface area contributed by atoms with Crippen LogP contribution in [0.15, 0.2) is 84.4 Å². The minimum absolute atomic E-state index is 0.0543. The molecule has 2 aliphatic heterocycles. The number of aromatic hydroxyl groups is 1. The third-order valence-corrected chi connectivity index (χ3v) is 6.72. The molecular formula is C30H23NO7. The number of ether oxygens (including phenoxy) is 3. The summed E-state index contributed by atoms with van der Waals surface area (Å²) in [4.78, 5) is 28.6. The third-order valence-electron chi connectivity index (χ3n) is 6.72. The number of amides is 1. The number of aliphatic hydroxyl groups excluding tert-OH is 1. The molecule has 0 aromatic heterocycles. The molecule has 2 heterocycles. The van der Waals surface area contributed by atoms with Crippen molar-refractivity contribution in [1.29, 1.82) is 0 Å².